The highest BCUT2D eigenvalue weighted by Gasteiger charge is 2.22. The van der Waals surface area contributed by atoms with Gasteiger partial charge in [-0.3, -0.25) is 0 Å². The molecule has 1 aromatic heterocycles. The molecular formula is C8H13ClN2OSi. The van der Waals surface area contributed by atoms with Gasteiger partial charge in [0.15, 0.2) is 11.6 Å². The summed E-state index contributed by atoms with van der Waals surface area (Å²) in [5, 5.41) is 10.6. The first-order chi connectivity index (χ1) is 5.82. The van der Waals surface area contributed by atoms with Crippen molar-refractivity contribution in [1.82, 2.24) is 4.98 Å². The van der Waals surface area contributed by atoms with Gasteiger partial charge in [0.25, 0.3) is 0 Å². The maximum Gasteiger partial charge on any atom is 0.165 e. The Morgan fingerprint density at radius 2 is 2.00 bits per heavy atom. The molecule has 0 spiro atoms. The van der Waals surface area contributed by atoms with Crippen molar-refractivity contribution in [2.75, 3.05) is 5.73 Å². The van der Waals surface area contributed by atoms with Gasteiger partial charge in [0.2, 0.25) is 0 Å². The predicted octanol–water partition coefficient (Wildman–Crippen LogP) is 1.57. The molecule has 0 unspecified atom stereocenters. The van der Waals surface area contributed by atoms with Crippen molar-refractivity contribution in [2.24, 2.45) is 0 Å². The number of anilines is 1. The summed E-state index contributed by atoms with van der Waals surface area (Å²) in [5.41, 5.74) is 5.49. The second kappa shape index (κ2) is 3.19. The molecule has 0 aromatic carbocycles. The summed E-state index contributed by atoms with van der Waals surface area (Å²) in [6.07, 6.45) is 0. The Labute approximate surface area is 83.6 Å². The van der Waals surface area contributed by atoms with E-state index in [1.807, 2.05) is 0 Å². The van der Waals surface area contributed by atoms with E-state index >= 15 is 0 Å². The fourth-order valence-corrected chi connectivity index (χ4v) is 3.26. The lowest BCUT2D eigenvalue weighted by Crippen LogP contribution is -2.41. The van der Waals surface area contributed by atoms with E-state index in [1.165, 1.54) is 6.07 Å². The van der Waals surface area contributed by atoms with Crippen molar-refractivity contribution >= 4 is 30.8 Å². The smallest absolute Gasteiger partial charge is 0.165 e. The van der Waals surface area contributed by atoms with Crippen LogP contribution in [0.2, 0.25) is 24.7 Å². The first-order valence-corrected chi connectivity index (χ1v) is 7.85. The summed E-state index contributed by atoms with van der Waals surface area (Å²) >= 11 is 5.94. The largest absolute Gasteiger partial charge is 0.504 e. The molecule has 0 bridgehead atoms. The molecule has 3 nitrogen and oxygen atoms in total. The number of hydrogen-bond donors (Lipinski definition) is 2. The molecule has 5 heteroatoms. The molecule has 1 rings (SSSR count). The van der Waals surface area contributed by atoms with Gasteiger partial charge >= 0.3 is 0 Å². The zero-order valence-corrected chi connectivity index (χ0v) is 9.68. The van der Waals surface area contributed by atoms with E-state index in [9.17, 15) is 5.11 Å². The van der Waals surface area contributed by atoms with Crippen LogP contribution < -0.4 is 11.1 Å². The minimum atomic E-state index is -1.57. The van der Waals surface area contributed by atoms with Crippen molar-refractivity contribution in [3.63, 3.8) is 0 Å². The van der Waals surface area contributed by atoms with Gasteiger partial charge in [-0.25, -0.2) is 4.98 Å². The topological polar surface area (TPSA) is 59.1 Å². The van der Waals surface area contributed by atoms with Crippen LogP contribution in [0.5, 0.6) is 5.75 Å². The van der Waals surface area contributed by atoms with Crippen molar-refractivity contribution < 1.29 is 5.11 Å². The van der Waals surface area contributed by atoms with Crippen LogP contribution in [0.1, 0.15) is 0 Å². The third kappa shape index (κ3) is 2.13. The Hall–Kier alpha value is -0.743. The minimum Gasteiger partial charge on any atom is -0.504 e. The highest BCUT2D eigenvalue weighted by Crippen LogP contribution is 2.21. The van der Waals surface area contributed by atoms with Crippen LogP contribution in [-0.2, 0) is 0 Å². The molecule has 13 heavy (non-hydrogen) atoms. The SMILES string of the molecule is C[Si](C)(C)c1nc(N)c(O)cc1Cl. The van der Waals surface area contributed by atoms with E-state index in [-0.39, 0.29) is 11.6 Å². The summed E-state index contributed by atoms with van der Waals surface area (Å²) < 4.78 is 0. The van der Waals surface area contributed by atoms with Crippen LogP contribution in [0.15, 0.2) is 6.07 Å². The van der Waals surface area contributed by atoms with Crippen molar-refractivity contribution in [3.8, 4) is 5.75 Å². The van der Waals surface area contributed by atoms with E-state index in [0.717, 1.165) is 5.32 Å². The van der Waals surface area contributed by atoms with Gasteiger partial charge in [-0.1, -0.05) is 31.2 Å². The number of aromatic nitrogens is 1. The third-order valence-electron chi connectivity index (χ3n) is 1.69. The summed E-state index contributed by atoms with van der Waals surface area (Å²) in [6, 6.07) is 1.46. The fraction of sp³-hybridized carbons (Fsp3) is 0.375. The van der Waals surface area contributed by atoms with Crippen molar-refractivity contribution in [1.29, 1.82) is 0 Å². The number of nitrogens with two attached hydrogens (primary N) is 1. The van der Waals surface area contributed by atoms with Crippen LogP contribution in [0, 0.1) is 0 Å². The van der Waals surface area contributed by atoms with Crippen molar-refractivity contribution in [3.05, 3.63) is 11.1 Å². The van der Waals surface area contributed by atoms with Crippen LogP contribution in [0.4, 0.5) is 5.82 Å². The van der Waals surface area contributed by atoms with Crippen molar-refractivity contribution in [2.45, 2.75) is 19.6 Å². The Morgan fingerprint density at radius 1 is 1.46 bits per heavy atom. The molecule has 1 aromatic rings. The first kappa shape index (κ1) is 10.3. The number of hydrogen-bond acceptors (Lipinski definition) is 3. The maximum atomic E-state index is 9.23. The highest BCUT2D eigenvalue weighted by molar-refractivity contribution is 6.89. The van der Waals surface area contributed by atoms with Crippen LogP contribution >= 0.6 is 11.6 Å². The lowest BCUT2D eigenvalue weighted by atomic mass is 10.4. The highest BCUT2D eigenvalue weighted by atomic mass is 35.5. The first-order valence-electron chi connectivity index (χ1n) is 3.98. The van der Waals surface area contributed by atoms with Gasteiger partial charge in [-0.05, 0) is 0 Å². The van der Waals surface area contributed by atoms with E-state index in [1.54, 1.807) is 0 Å². The summed E-state index contributed by atoms with van der Waals surface area (Å²) in [7, 11) is -1.57. The summed E-state index contributed by atoms with van der Waals surface area (Å²) in [4.78, 5) is 4.10. The molecule has 0 aliphatic rings. The van der Waals surface area contributed by atoms with Gasteiger partial charge in [-0.15, -0.1) is 0 Å². The molecule has 0 fully saturated rings. The Morgan fingerprint density at radius 3 is 2.46 bits per heavy atom. The molecule has 3 N–H and O–H groups in total. The van der Waals surface area contributed by atoms with Gasteiger partial charge in [0, 0.05) is 11.4 Å². The predicted molar refractivity (Wildman–Crippen MR) is 58.3 cm³/mol. The molecule has 0 amide bonds. The average Bonchev–Trinajstić information content (AvgIpc) is 1.94. The average molecular weight is 217 g/mol. The molecule has 0 aliphatic carbocycles. The summed E-state index contributed by atoms with van der Waals surface area (Å²) in [6.45, 7) is 6.37. The van der Waals surface area contributed by atoms with E-state index in [0.29, 0.717) is 5.02 Å². The monoisotopic (exact) mass is 216 g/mol. The second-order valence-corrected chi connectivity index (χ2v) is 9.35. The zero-order chi connectivity index (χ0) is 10.2. The Kier molecular flexibility index (Phi) is 2.54. The normalized spacial score (nSPS) is 11.7. The molecule has 0 saturated carbocycles. The maximum absolute atomic E-state index is 9.23. The Balaban J connectivity index is 3.32. The van der Waals surface area contributed by atoms with Crippen LogP contribution in [0.3, 0.4) is 0 Å². The molecular weight excluding hydrogens is 204 g/mol. The van der Waals surface area contributed by atoms with E-state index in [4.69, 9.17) is 17.3 Å². The minimum absolute atomic E-state index is 0.0491. The number of rotatable bonds is 1. The number of halogens is 1. The molecule has 0 aliphatic heterocycles. The molecule has 0 radical (unpaired) electrons. The zero-order valence-electron chi connectivity index (χ0n) is 7.93. The van der Waals surface area contributed by atoms with Gasteiger partial charge < -0.3 is 10.8 Å². The lowest BCUT2D eigenvalue weighted by molar-refractivity contribution is 0.476. The van der Waals surface area contributed by atoms with Crippen LogP contribution in [-0.4, -0.2) is 18.2 Å². The van der Waals surface area contributed by atoms with E-state index < -0.39 is 8.07 Å². The number of aromatic hydroxyl groups is 1. The third-order valence-corrected chi connectivity index (χ3v) is 3.94. The van der Waals surface area contributed by atoms with E-state index in [2.05, 4.69) is 24.6 Å². The summed E-state index contributed by atoms with van der Waals surface area (Å²) in [5.74, 6) is 0.105. The molecule has 1 heterocycles. The number of nitrogens with zero attached hydrogens (tertiary/aromatic N) is 1. The lowest BCUT2D eigenvalue weighted by Gasteiger charge is -2.17. The molecule has 0 atom stereocenters. The Bertz CT molecular complexity index is 336. The van der Waals surface area contributed by atoms with Gasteiger partial charge in [0.1, 0.15) is 8.07 Å². The quantitative estimate of drug-likeness (QED) is 0.701. The van der Waals surface area contributed by atoms with Gasteiger partial charge in [-0.2, -0.15) is 0 Å². The number of nitrogen functional groups attached to an aromatic ring is 1. The number of pyridine rings is 1. The molecule has 72 valence electrons. The van der Waals surface area contributed by atoms with Gasteiger partial charge in [0.05, 0.1) is 5.02 Å². The van der Waals surface area contributed by atoms with Crippen LogP contribution in [0.25, 0.3) is 0 Å². The molecule has 0 saturated heterocycles. The fourth-order valence-electron chi connectivity index (χ4n) is 1.02. The second-order valence-electron chi connectivity index (χ2n) is 3.97. The standard InChI is InChI=1S/C8H13ClN2OSi/c1-13(2,3)8-5(9)4-6(12)7(10)11-8/h4,12H,1-3H3,(H2,10,11).